The van der Waals surface area contributed by atoms with Crippen molar-refractivity contribution in [1.82, 2.24) is 10.3 Å². The Kier molecular flexibility index (Phi) is 3.88. The van der Waals surface area contributed by atoms with Crippen molar-refractivity contribution in [2.24, 2.45) is 0 Å². The molecule has 0 amide bonds. The third-order valence-electron chi connectivity index (χ3n) is 2.17. The standard InChI is InChI=1S/C11H14N2S2/c1-9(7-10-3-2-5-14-10)13-8-11-12-4-6-15-11/h2-6,9,13H,7-8H2,1H3. The lowest BCUT2D eigenvalue weighted by molar-refractivity contribution is 0.547. The molecule has 0 bridgehead atoms. The molecule has 0 spiro atoms. The smallest absolute Gasteiger partial charge is 0.106 e. The summed E-state index contributed by atoms with van der Waals surface area (Å²) in [5.74, 6) is 0. The first kappa shape index (κ1) is 10.8. The van der Waals surface area contributed by atoms with Crippen molar-refractivity contribution in [2.45, 2.75) is 25.9 Å². The molecule has 1 atom stereocenters. The summed E-state index contributed by atoms with van der Waals surface area (Å²) >= 11 is 3.52. The van der Waals surface area contributed by atoms with E-state index in [4.69, 9.17) is 0 Å². The number of rotatable bonds is 5. The van der Waals surface area contributed by atoms with Gasteiger partial charge in [-0.1, -0.05) is 6.07 Å². The monoisotopic (exact) mass is 238 g/mol. The predicted molar refractivity (Wildman–Crippen MR) is 66.4 cm³/mol. The Morgan fingerprint density at radius 3 is 3.00 bits per heavy atom. The maximum absolute atomic E-state index is 4.24. The average Bonchev–Trinajstić information content (AvgIpc) is 2.86. The number of nitrogens with one attached hydrogen (secondary N) is 1. The third kappa shape index (κ3) is 3.41. The molecule has 0 saturated heterocycles. The maximum Gasteiger partial charge on any atom is 0.106 e. The van der Waals surface area contributed by atoms with E-state index in [1.54, 1.807) is 11.3 Å². The highest BCUT2D eigenvalue weighted by molar-refractivity contribution is 7.10. The molecule has 4 heteroatoms. The Morgan fingerprint density at radius 2 is 2.33 bits per heavy atom. The van der Waals surface area contributed by atoms with E-state index >= 15 is 0 Å². The molecule has 80 valence electrons. The van der Waals surface area contributed by atoms with Crippen LogP contribution in [0.25, 0.3) is 0 Å². The van der Waals surface area contributed by atoms with Gasteiger partial charge in [0.1, 0.15) is 5.01 Å². The van der Waals surface area contributed by atoms with Gasteiger partial charge >= 0.3 is 0 Å². The third-order valence-corrected chi connectivity index (χ3v) is 3.85. The van der Waals surface area contributed by atoms with E-state index < -0.39 is 0 Å². The molecule has 0 aliphatic heterocycles. The lowest BCUT2D eigenvalue weighted by Crippen LogP contribution is -2.27. The van der Waals surface area contributed by atoms with Gasteiger partial charge in [0.2, 0.25) is 0 Å². The van der Waals surface area contributed by atoms with Crippen LogP contribution in [0.15, 0.2) is 29.1 Å². The molecule has 0 fully saturated rings. The zero-order valence-electron chi connectivity index (χ0n) is 8.64. The molecule has 2 nitrogen and oxygen atoms in total. The topological polar surface area (TPSA) is 24.9 Å². The van der Waals surface area contributed by atoms with E-state index in [0.717, 1.165) is 18.0 Å². The summed E-state index contributed by atoms with van der Waals surface area (Å²) in [6.07, 6.45) is 2.95. The van der Waals surface area contributed by atoms with Crippen molar-refractivity contribution in [2.75, 3.05) is 0 Å². The molecule has 0 aliphatic carbocycles. The SMILES string of the molecule is CC(Cc1cccs1)NCc1nccs1. The van der Waals surface area contributed by atoms with Gasteiger partial charge in [0, 0.05) is 29.0 Å². The quantitative estimate of drug-likeness (QED) is 0.866. The largest absolute Gasteiger partial charge is 0.308 e. The van der Waals surface area contributed by atoms with E-state index in [9.17, 15) is 0 Å². The fourth-order valence-electron chi connectivity index (χ4n) is 1.40. The van der Waals surface area contributed by atoms with Gasteiger partial charge in [0.25, 0.3) is 0 Å². The molecule has 2 aromatic rings. The minimum Gasteiger partial charge on any atom is -0.308 e. The molecular weight excluding hydrogens is 224 g/mol. The summed E-state index contributed by atoms with van der Waals surface area (Å²) in [4.78, 5) is 5.68. The second kappa shape index (κ2) is 5.39. The van der Waals surface area contributed by atoms with Crippen LogP contribution >= 0.6 is 22.7 Å². The van der Waals surface area contributed by atoms with E-state index in [-0.39, 0.29) is 0 Å². The van der Waals surface area contributed by atoms with Crippen LogP contribution in [0.2, 0.25) is 0 Å². The van der Waals surface area contributed by atoms with Crippen molar-refractivity contribution in [3.8, 4) is 0 Å². The van der Waals surface area contributed by atoms with E-state index in [1.807, 2.05) is 22.9 Å². The van der Waals surface area contributed by atoms with Crippen LogP contribution in [0.5, 0.6) is 0 Å². The molecule has 2 heterocycles. The summed E-state index contributed by atoms with van der Waals surface area (Å²) < 4.78 is 0. The van der Waals surface area contributed by atoms with Crippen molar-refractivity contribution in [1.29, 1.82) is 0 Å². The average molecular weight is 238 g/mol. The number of aromatic nitrogens is 1. The highest BCUT2D eigenvalue weighted by atomic mass is 32.1. The van der Waals surface area contributed by atoms with Gasteiger partial charge < -0.3 is 5.32 Å². The second-order valence-corrected chi connectivity index (χ2v) is 5.50. The molecule has 2 aromatic heterocycles. The molecule has 2 rings (SSSR count). The zero-order chi connectivity index (χ0) is 10.5. The highest BCUT2D eigenvalue weighted by Gasteiger charge is 2.04. The minimum atomic E-state index is 0.507. The van der Waals surface area contributed by atoms with E-state index in [1.165, 1.54) is 4.88 Å². The van der Waals surface area contributed by atoms with Crippen LogP contribution in [-0.2, 0) is 13.0 Å². The fraction of sp³-hybridized carbons (Fsp3) is 0.364. The molecule has 1 unspecified atom stereocenters. The summed E-state index contributed by atoms with van der Waals surface area (Å²) in [5.41, 5.74) is 0. The van der Waals surface area contributed by atoms with Crippen molar-refractivity contribution < 1.29 is 0 Å². The number of thiophene rings is 1. The van der Waals surface area contributed by atoms with Gasteiger partial charge in [0.15, 0.2) is 0 Å². The number of nitrogens with zero attached hydrogens (tertiary/aromatic N) is 1. The number of thiazole rings is 1. The van der Waals surface area contributed by atoms with E-state index in [2.05, 4.69) is 34.7 Å². The predicted octanol–water partition coefficient (Wildman–Crippen LogP) is 2.93. The molecule has 0 radical (unpaired) electrons. The first-order valence-electron chi connectivity index (χ1n) is 4.99. The summed E-state index contributed by atoms with van der Waals surface area (Å²) in [6.45, 7) is 3.09. The molecule has 1 N–H and O–H groups in total. The zero-order valence-corrected chi connectivity index (χ0v) is 10.3. The Labute approximate surface area is 98.0 Å². The van der Waals surface area contributed by atoms with Gasteiger partial charge in [0.05, 0.1) is 0 Å². The number of hydrogen-bond donors (Lipinski definition) is 1. The Morgan fingerprint density at radius 1 is 1.40 bits per heavy atom. The van der Waals surface area contributed by atoms with Gasteiger partial charge in [-0.3, -0.25) is 0 Å². The maximum atomic E-state index is 4.24. The summed E-state index contributed by atoms with van der Waals surface area (Å²) in [5, 5.41) is 8.78. The molecule has 0 aliphatic rings. The minimum absolute atomic E-state index is 0.507. The lowest BCUT2D eigenvalue weighted by atomic mass is 10.2. The molecule has 0 aromatic carbocycles. The van der Waals surface area contributed by atoms with E-state index in [0.29, 0.717) is 6.04 Å². The Bertz CT molecular complexity index is 367. The normalized spacial score (nSPS) is 12.9. The number of hydrogen-bond acceptors (Lipinski definition) is 4. The van der Waals surface area contributed by atoms with Crippen LogP contribution in [-0.4, -0.2) is 11.0 Å². The van der Waals surface area contributed by atoms with Crippen LogP contribution in [0, 0.1) is 0 Å². The van der Waals surface area contributed by atoms with Gasteiger partial charge in [-0.15, -0.1) is 22.7 Å². The summed E-state index contributed by atoms with van der Waals surface area (Å²) in [6, 6.07) is 4.80. The van der Waals surface area contributed by atoms with Gasteiger partial charge in [-0.05, 0) is 24.8 Å². The Hall–Kier alpha value is -0.710. The second-order valence-electron chi connectivity index (χ2n) is 3.49. The van der Waals surface area contributed by atoms with Crippen LogP contribution in [0.1, 0.15) is 16.8 Å². The van der Waals surface area contributed by atoms with Gasteiger partial charge in [-0.2, -0.15) is 0 Å². The molecule has 0 saturated carbocycles. The van der Waals surface area contributed by atoms with Crippen molar-refractivity contribution >= 4 is 22.7 Å². The highest BCUT2D eigenvalue weighted by Crippen LogP contribution is 2.11. The van der Waals surface area contributed by atoms with Crippen LogP contribution in [0.4, 0.5) is 0 Å². The fourth-order valence-corrected chi connectivity index (χ4v) is 2.81. The van der Waals surface area contributed by atoms with Gasteiger partial charge in [-0.25, -0.2) is 4.98 Å². The van der Waals surface area contributed by atoms with Crippen LogP contribution < -0.4 is 5.32 Å². The first-order chi connectivity index (χ1) is 7.34. The molecule has 15 heavy (non-hydrogen) atoms. The Balaban J connectivity index is 1.76. The van der Waals surface area contributed by atoms with Crippen molar-refractivity contribution in [3.63, 3.8) is 0 Å². The van der Waals surface area contributed by atoms with Crippen LogP contribution in [0.3, 0.4) is 0 Å². The lowest BCUT2D eigenvalue weighted by Gasteiger charge is -2.11. The summed E-state index contributed by atoms with van der Waals surface area (Å²) in [7, 11) is 0. The molecular formula is C11H14N2S2. The van der Waals surface area contributed by atoms with Crippen molar-refractivity contribution in [3.05, 3.63) is 39.0 Å². The first-order valence-corrected chi connectivity index (χ1v) is 6.74.